The summed E-state index contributed by atoms with van der Waals surface area (Å²) >= 11 is 0. The molecule has 2 aromatic heterocycles. The third kappa shape index (κ3) is 1.72. The minimum Gasteiger partial charge on any atom is -0.494 e. The molecule has 2 heterocycles. The van der Waals surface area contributed by atoms with Gasteiger partial charge in [0.15, 0.2) is 11.6 Å². The number of nitrogens with zero attached hydrogens (tertiary/aromatic N) is 2. The molecule has 0 aliphatic rings. The number of carboxylic acids is 1. The highest BCUT2D eigenvalue weighted by Gasteiger charge is 2.20. The summed E-state index contributed by atoms with van der Waals surface area (Å²) in [6.45, 7) is 1.84. The van der Waals surface area contributed by atoms with Gasteiger partial charge in [-0.3, -0.25) is 4.40 Å². The number of rotatable bonds is 3. The third-order valence-electron chi connectivity index (χ3n) is 2.69. The van der Waals surface area contributed by atoms with Gasteiger partial charge in [0.25, 0.3) is 0 Å². The number of aromatic nitrogens is 2. The van der Waals surface area contributed by atoms with E-state index in [0.29, 0.717) is 11.3 Å². The lowest BCUT2D eigenvalue weighted by molar-refractivity contribution is 0.0693. The Hall–Kier alpha value is -2.08. The number of imidazole rings is 1. The Morgan fingerprint density at radius 1 is 1.53 bits per heavy atom. The average Bonchev–Trinajstić information content (AvgIpc) is 2.69. The van der Waals surface area contributed by atoms with Crippen molar-refractivity contribution in [2.45, 2.75) is 13.0 Å². The Morgan fingerprint density at radius 3 is 2.82 bits per heavy atom. The van der Waals surface area contributed by atoms with Crippen molar-refractivity contribution in [1.29, 1.82) is 0 Å². The first kappa shape index (κ1) is 11.4. The first-order valence-corrected chi connectivity index (χ1v) is 5.17. The van der Waals surface area contributed by atoms with Crippen LogP contribution < -0.4 is 5.32 Å². The fraction of sp³-hybridized carbons (Fsp3) is 0.273. The van der Waals surface area contributed by atoms with E-state index < -0.39 is 5.97 Å². The highest BCUT2D eigenvalue weighted by atomic mass is 16.4. The monoisotopic (exact) mass is 235 g/mol. The molecule has 0 amide bonds. The summed E-state index contributed by atoms with van der Waals surface area (Å²) in [7, 11) is 1.74. The van der Waals surface area contributed by atoms with E-state index in [0.717, 1.165) is 0 Å². The average molecular weight is 235 g/mol. The minimum atomic E-state index is -1.11. The number of hydrogen-bond acceptors (Lipinski definition) is 4. The normalized spacial score (nSPS) is 12.8. The fourth-order valence-corrected chi connectivity index (χ4v) is 1.72. The predicted octanol–water partition coefficient (Wildman–Crippen LogP) is 1.02. The van der Waals surface area contributed by atoms with E-state index >= 15 is 0 Å². The van der Waals surface area contributed by atoms with Crippen LogP contribution in [0.1, 0.15) is 29.3 Å². The zero-order valence-corrected chi connectivity index (χ0v) is 9.51. The highest BCUT2D eigenvalue weighted by Crippen LogP contribution is 2.23. The molecular formula is C11H13N3O3. The summed E-state index contributed by atoms with van der Waals surface area (Å²) in [4.78, 5) is 15.1. The molecule has 0 saturated heterocycles. The zero-order chi connectivity index (χ0) is 12.6. The molecule has 90 valence electrons. The number of nitrogens with one attached hydrogen (secondary N) is 1. The van der Waals surface area contributed by atoms with Crippen LogP contribution in [0.15, 0.2) is 18.2 Å². The van der Waals surface area contributed by atoms with Crippen LogP contribution in [0, 0.1) is 0 Å². The number of aromatic hydroxyl groups is 1. The maximum absolute atomic E-state index is 11.1. The van der Waals surface area contributed by atoms with Crippen molar-refractivity contribution in [1.82, 2.24) is 14.7 Å². The van der Waals surface area contributed by atoms with E-state index in [-0.39, 0.29) is 17.6 Å². The van der Waals surface area contributed by atoms with E-state index in [1.807, 2.05) is 6.92 Å². The summed E-state index contributed by atoms with van der Waals surface area (Å²) in [6, 6.07) is 4.53. The lowest BCUT2D eigenvalue weighted by Crippen LogP contribution is -2.15. The van der Waals surface area contributed by atoms with E-state index in [1.54, 1.807) is 19.2 Å². The molecule has 0 aliphatic carbocycles. The lowest BCUT2D eigenvalue weighted by atomic mass is 10.3. The van der Waals surface area contributed by atoms with Crippen molar-refractivity contribution in [2.24, 2.45) is 0 Å². The third-order valence-corrected chi connectivity index (χ3v) is 2.69. The van der Waals surface area contributed by atoms with Gasteiger partial charge in [-0.25, -0.2) is 9.78 Å². The van der Waals surface area contributed by atoms with Crippen LogP contribution in [0.5, 0.6) is 5.88 Å². The van der Waals surface area contributed by atoms with Crippen molar-refractivity contribution in [3.63, 3.8) is 0 Å². The Morgan fingerprint density at radius 2 is 2.24 bits per heavy atom. The maximum Gasteiger partial charge on any atom is 0.356 e. The second-order valence-corrected chi connectivity index (χ2v) is 3.74. The molecule has 0 fully saturated rings. The van der Waals surface area contributed by atoms with E-state index in [9.17, 15) is 9.90 Å². The van der Waals surface area contributed by atoms with Crippen molar-refractivity contribution in [3.8, 4) is 5.88 Å². The number of carbonyl (C=O) groups is 1. The molecule has 0 spiro atoms. The van der Waals surface area contributed by atoms with Crippen molar-refractivity contribution in [3.05, 3.63) is 29.7 Å². The van der Waals surface area contributed by atoms with Gasteiger partial charge in [-0.05, 0) is 26.1 Å². The summed E-state index contributed by atoms with van der Waals surface area (Å²) in [5, 5.41) is 21.8. The molecule has 0 radical (unpaired) electrons. The Labute approximate surface area is 97.5 Å². The van der Waals surface area contributed by atoms with Crippen LogP contribution in [0.3, 0.4) is 0 Å². The highest BCUT2D eigenvalue weighted by molar-refractivity contribution is 5.93. The van der Waals surface area contributed by atoms with E-state index in [1.165, 1.54) is 10.5 Å². The smallest absolute Gasteiger partial charge is 0.356 e. The van der Waals surface area contributed by atoms with E-state index in [4.69, 9.17) is 5.11 Å². The molecule has 0 bridgehead atoms. The van der Waals surface area contributed by atoms with Gasteiger partial charge in [0.2, 0.25) is 0 Å². The van der Waals surface area contributed by atoms with Crippen molar-refractivity contribution < 1.29 is 15.0 Å². The number of carboxylic acid groups (broad SMARTS) is 1. The molecule has 3 N–H and O–H groups in total. The Balaban J connectivity index is 2.80. The molecular weight excluding hydrogens is 222 g/mol. The van der Waals surface area contributed by atoms with Gasteiger partial charge in [-0.15, -0.1) is 0 Å². The van der Waals surface area contributed by atoms with Gasteiger partial charge in [0, 0.05) is 0 Å². The standard InChI is InChI=1S/C11H13N3O3/c1-6(12-2)10-13-9(11(16)17)7-4-3-5-8(15)14(7)10/h3-6,12,15H,1-2H3,(H,16,17). The maximum atomic E-state index is 11.1. The minimum absolute atomic E-state index is 0.0281. The molecule has 2 rings (SSSR count). The van der Waals surface area contributed by atoms with Gasteiger partial charge in [-0.1, -0.05) is 6.07 Å². The van der Waals surface area contributed by atoms with Crippen molar-refractivity contribution in [2.75, 3.05) is 7.05 Å². The fourth-order valence-electron chi connectivity index (χ4n) is 1.72. The van der Waals surface area contributed by atoms with Crippen LogP contribution in [-0.2, 0) is 0 Å². The lowest BCUT2D eigenvalue weighted by Gasteiger charge is -2.09. The van der Waals surface area contributed by atoms with Gasteiger partial charge in [0.1, 0.15) is 5.82 Å². The molecule has 17 heavy (non-hydrogen) atoms. The molecule has 1 unspecified atom stereocenters. The van der Waals surface area contributed by atoms with Crippen LogP contribution in [0.4, 0.5) is 0 Å². The van der Waals surface area contributed by atoms with Crippen LogP contribution >= 0.6 is 0 Å². The molecule has 2 aromatic rings. The van der Waals surface area contributed by atoms with Gasteiger partial charge >= 0.3 is 5.97 Å². The molecule has 6 heteroatoms. The molecule has 0 aliphatic heterocycles. The first-order chi connectivity index (χ1) is 8.06. The molecule has 0 aromatic carbocycles. The number of pyridine rings is 1. The predicted molar refractivity (Wildman–Crippen MR) is 61.3 cm³/mol. The molecule has 1 atom stereocenters. The van der Waals surface area contributed by atoms with Crippen LogP contribution in [0.25, 0.3) is 5.52 Å². The van der Waals surface area contributed by atoms with Crippen LogP contribution in [0.2, 0.25) is 0 Å². The van der Waals surface area contributed by atoms with Gasteiger partial charge in [-0.2, -0.15) is 0 Å². The second kappa shape index (κ2) is 4.06. The van der Waals surface area contributed by atoms with Crippen LogP contribution in [-0.4, -0.2) is 32.6 Å². The summed E-state index contributed by atoms with van der Waals surface area (Å²) in [5.74, 6) is -0.666. The Bertz CT molecular complexity index is 577. The summed E-state index contributed by atoms with van der Waals surface area (Å²) in [5.41, 5.74) is 0.326. The number of fused-ring (bicyclic) bond motifs is 1. The van der Waals surface area contributed by atoms with Crippen molar-refractivity contribution >= 4 is 11.5 Å². The SMILES string of the molecule is CNC(C)c1nc(C(=O)O)c2cccc(O)n12. The number of hydrogen-bond donors (Lipinski definition) is 3. The quantitative estimate of drug-likeness (QED) is 0.739. The van der Waals surface area contributed by atoms with E-state index in [2.05, 4.69) is 10.3 Å². The largest absolute Gasteiger partial charge is 0.494 e. The zero-order valence-electron chi connectivity index (χ0n) is 9.51. The second-order valence-electron chi connectivity index (χ2n) is 3.74. The summed E-state index contributed by atoms with van der Waals surface area (Å²) < 4.78 is 1.44. The molecule has 6 nitrogen and oxygen atoms in total. The topological polar surface area (TPSA) is 86.9 Å². The van der Waals surface area contributed by atoms with Gasteiger partial charge < -0.3 is 15.5 Å². The first-order valence-electron chi connectivity index (χ1n) is 5.17. The Kier molecular flexibility index (Phi) is 2.72. The number of aromatic carboxylic acids is 1. The van der Waals surface area contributed by atoms with Gasteiger partial charge in [0.05, 0.1) is 11.6 Å². The summed E-state index contributed by atoms with van der Waals surface area (Å²) in [6.07, 6.45) is 0. The molecule has 0 saturated carbocycles.